The lowest BCUT2D eigenvalue weighted by molar-refractivity contribution is 0.102. The summed E-state index contributed by atoms with van der Waals surface area (Å²) in [4.78, 5) is 12.5. The summed E-state index contributed by atoms with van der Waals surface area (Å²) in [5.41, 5.74) is 0.917. The zero-order valence-electron chi connectivity index (χ0n) is 14.3. The highest BCUT2D eigenvalue weighted by Crippen LogP contribution is 2.17. The molecule has 3 rings (SSSR count). The fourth-order valence-electron chi connectivity index (χ4n) is 2.34. The van der Waals surface area contributed by atoms with E-state index in [0.717, 1.165) is 0 Å². The van der Waals surface area contributed by atoms with Crippen molar-refractivity contribution < 1.29 is 17.6 Å². The fraction of sp³-hybridized carbons (Fsp3) is 0.176. The maximum absolute atomic E-state index is 12.5. The van der Waals surface area contributed by atoms with Gasteiger partial charge in [0.05, 0.1) is 17.7 Å². The van der Waals surface area contributed by atoms with E-state index >= 15 is 0 Å². The first-order valence-corrected chi connectivity index (χ1v) is 9.27. The molecule has 0 saturated heterocycles. The molecule has 0 unspecified atom stereocenters. The number of hydrogen-bond acceptors (Lipinski definition) is 5. The Morgan fingerprint density at radius 2 is 2.08 bits per heavy atom. The van der Waals surface area contributed by atoms with Gasteiger partial charge in [0.2, 0.25) is 10.0 Å². The normalized spacial score (nSPS) is 11.5. The van der Waals surface area contributed by atoms with Crippen molar-refractivity contribution in [3.05, 3.63) is 65.7 Å². The number of aryl methyl sites for hydroxylation is 2. The van der Waals surface area contributed by atoms with Crippen LogP contribution < -0.4 is 10.0 Å². The Kier molecular flexibility index (Phi) is 4.92. The predicted molar refractivity (Wildman–Crippen MR) is 95.1 cm³/mol. The van der Waals surface area contributed by atoms with Gasteiger partial charge in [-0.3, -0.25) is 9.48 Å². The number of rotatable bonds is 6. The van der Waals surface area contributed by atoms with Gasteiger partial charge in [0.1, 0.15) is 5.76 Å². The van der Waals surface area contributed by atoms with Crippen LogP contribution in [0.1, 0.15) is 21.7 Å². The molecule has 1 aromatic carbocycles. The second-order valence-corrected chi connectivity index (χ2v) is 7.48. The lowest BCUT2D eigenvalue weighted by atomic mass is 10.1. The van der Waals surface area contributed by atoms with Crippen LogP contribution in [-0.4, -0.2) is 24.1 Å². The number of carbonyl (C=O) groups excluding carboxylic acids is 1. The molecule has 2 heterocycles. The molecule has 3 aromatic rings. The van der Waals surface area contributed by atoms with E-state index in [1.165, 1.54) is 18.4 Å². The highest BCUT2D eigenvalue weighted by molar-refractivity contribution is 7.89. The molecular weight excluding hydrogens is 356 g/mol. The molecule has 26 heavy (non-hydrogen) atoms. The molecule has 136 valence electrons. The van der Waals surface area contributed by atoms with Crippen LogP contribution in [0.25, 0.3) is 0 Å². The smallest absolute Gasteiger partial charge is 0.257 e. The number of aromatic nitrogens is 2. The highest BCUT2D eigenvalue weighted by atomic mass is 32.2. The number of benzene rings is 1. The topological polar surface area (TPSA) is 106 Å². The van der Waals surface area contributed by atoms with Crippen LogP contribution in [0.2, 0.25) is 0 Å². The fourth-order valence-corrected chi connectivity index (χ4v) is 3.36. The maximum atomic E-state index is 12.5. The van der Waals surface area contributed by atoms with Crippen LogP contribution in [0.15, 0.2) is 58.2 Å². The predicted octanol–water partition coefficient (Wildman–Crippen LogP) is 2.05. The molecule has 0 radical (unpaired) electrons. The molecule has 0 spiro atoms. The van der Waals surface area contributed by atoms with Crippen molar-refractivity contribution in [2.24, 2.45) is 7.05 Å². The molecule has 0 fully saturated rings. The third-order valence-corrected chi connectivity index (χ3v) is 5.13. The average Bonchev–Trinajstić information content (AvgIpc) is 3.25. The van der Waals surface area contributed by atoms with Crippen LogP contribution in [0.3, 0.4) is 0 Å². The number of nitrogens with one attached hydrogen (secondary N) is 2. The van der Waals surface area contributed by atoms with Gasteiger partial charge in [0.15, 0.2) is 5.82 Å². The largest absolute Gasteiger partial charge is 0.468 e. The van der Waals surface area contributed by atoms with Gasteiger partial charge in [0, 0.05) is 24.9 Å². The standard InChI is InChI=1S/C17H18N4O4S/c1-12-5-6-14(26(23,24)18-11-13-4-3-9-25-13)10-15(12)17(22)19-16-7-8-21(2)20-16/h3-10,18H,11H2,1-2H3,(H,19,20,22). The molecule has 0 atom stereocenters. The van der Waals surface area contributed by atoms with E-state index < -0.39 is 15.9 Å². The van der Waals surface area contributed by atoms with Crippen molar-refractivity contribution in [2.75, 3.05) is 5.32 Å². The van der Waals surface area contributed by atoms with Crippen LogP contribution in [0, 0.1) is 6.92 Å². The molecule has 1 amide bonds. The minimum Gasteiger partial charge on any atom is -0.468 e. The summed E-state index contributed by atoms with van der Waals surface area (Å²) in [5, 5.41) is 6.73. The molecule has 0 saturated carbocycles. The molecule has 0 aliphatic carbocycles. The summed E-state index contributed by atoms with van der Waals surface area (Å²) in [5.74, 6) is 0.458. The van der Waals surface area contributed by atoms with Gasteiger partial charge >= 0.3 is 0 Å². The van der Waals surface area contributed by atoms with E-state index in [2.05, 4.69) is 15.1 Å². The van der Waals surface area contributed by atoms with Gasteiger partial charge in [-0.05, 0) is 36.8 Å². The molecular formula is C17H18N4O4S. The number of hydrogen-bond donors (Lipinski definition) is 2. The van der Waals surface area contributed by atoms with Crippen molar-refractivity contribution in [1.82, 2.24) is 14.5 Å². The Labute approximate surface area is 150 Å². The summed E-state index contributed by atoms with van der Waals surface area (Å²) < 4.78 is 34.1. The molecule has 8 nitrogen and oxygen atoms in total. The van der Waals surface area contributed by atoms with Crippen LogP contribution >= 0.6 is 0 Å². The van der Waals surface area contributed by atoms with Crippen LogP contribution in [0.5, 0.6) is 0 Å². The Morgan fingerprint density at radius 3 is 2.73 bits per heavy atom. The van der Waals surface area contributed by atoms with Crippen molar-refractivity contribution in [3.8, 4) is 0 Å². The van der Waals surface area contributed by atoms with Crippen LogP contribution in [0.4, 0.5) is 5.82 Å². The Morgan fingerprint density at radius 1 is 1.27 bits per heavy atom. The van der Waals surface area contributed by atoms with Crippen molar-refractivity contribution in [2.45, 2.75) is 18.4 Å². The molecule has 2 N–H and O–H groups in total. The zero-order valence-corrected chi connectivity index (χ0v) is 15.1. The molecule has 0 aliphatic rings. The first-order valence-electron chi connectivity index (χ1n) is 7.79. The quantitative estimate of drug-likeness (QED) is 0.687. The summed E-state index contributed by atoms with van der Waals surface area (Å²) in [7, 11) is -2.05. The summed E-state index contributed by atoms with van der Waals surface area (Å²) in [6, 6.07) is 9.39. The van der Waals surface area contributed by atoms with E-state index in [4.69, 9.17) is 4.42 Å². The van der Waals surface area contributed by atoms with E-state index in [0.29, 0.717) is 17.1 Å². The second-order valence-electron chi connectivity index (χ2n) is 5.71. The average molecular weight is 374 g/mol. The minimum absolute atomic E-state index is 0.000766. The number of sulfonamides is 1. The first kappa shape index (κ1) is 17.9. The lowest BCUT2D eigenvalue weighted by Crippen LogP contribution is -2.24. The van der Waals surface area contributed by atoms with Gasteiger partial charge < -0.3 is 9.73 Å². The third kappa shape index (κ3) is 4.01. The van der Waals surface area contributed by atoms with E-state index in [-0.39, 0.29) is 17.0 Å². The van der Waals surface area contributed by atoms with E-state index in [9.17, 15) is 13.2 Å². The molecule has 0 aliphatic heterocycles. The van der Waals surface area contributed by atoms with Gasteiger partial charge in [0.25, 0.3) is 5.91 Å². The number of amides is 1. The van der Waals surface area contributed by atoms with E-state index in [1.807, 2.05) is 0 Å². The summed E-state index contributed by atoms with van der Waals surface area (Å²) >= 11 is 0. The van der Waals surface area contributed by atoms with Gasteiger partial charge in [-0.1, -0.05) is 6.07 Å². The van der Waals surface area contributed by atoms with Gasteiger partial charge in [-0.25, -0.2) is 13.1 Å². The number of nitrogens with zero attached hydrogens (tertiary/aromatic N) is 2. The van der Waals surface area contributed by atoms with Crippen LogP contribution in [-0.2, 0) is 23.6 Å². The molecule has 2 aromatic heterocycles. The lowest BCUT2D eigenvalue weighted by Gasteiger charge is -2.10. The number of furan rings is 1. The highest BCUT2D eigenvalue weighted by Gasteiger charge is 2.19. The Balaban J connectivity index is 1.80. The molecule has 0 bridgehead atoms. The number of carbonyl (C=O) groups is 1. The van der Waals surface area contributed by atoms with Gasteiger partial charge in [-0.2, -0.15) is 5.10 Å². The first-order chi connectivity index (χ1) is 12.3. The Hall–Kier alpha value is -2.91. The van der Waals surface area contributed by atoms with Gasteiger partial charge in [-0.15, -0.1) is 0 Å². The summed E-state index contributed by atoms with van der Waals surface area (Å²) in [6.45, 7) is 1.76. The third-order valence-electron chi connectivity index (χ3n) is 3.74. The van der Waals surface area contributed by atoms with Crippen molar-refractivity contribution in [3.63, 3.8) is 0 Å². The monoisotopic (exact) mass is 374 g/mol. The van der Waals surface area contributed by atoms with E-state index in [1.54, 1.807) is 49.1 Å². The molecule has 9 heteroatoms. The van der Waals surface area contributed by atoms with Crippen molar-refractivity contribution >= 4 is 21.7 Å². The maximum Gasteiger partial charge on any atom is 0.257 e. The zero-order chi connectivity index (χ0) is 18.7. The Bertz CT molecular complexity index is 1020. The second kappa shape index (κ2) is 7.14. The number of anilines is 1. The minimum atomic E-state index is -3.79. The van der Waals surface area contributed by atoms with Crippen molar-refractivity contribution in [1.29, 1.82) is 0 Å². The summed E-state index contributed by atoms with van der Waals surface area (Å²) in [6.07, 6.45) is 3.16. The SMILES string of the molecule is Cc1ccc(S(=O)(=O)NCc2ccco2)cc1C(=O)Nc1ccn(C)n1.